The molecule has 0 N–H and O–H groups in total. The summed E-state index contributed by atoms with van der Waals surface area (Å²) in [7, 11) is 0. The zero-order chi connectivity index (χ0) is 11.3. The first kappa shape index (κ1) is 11.6. The minimum Gasteiger partial charge on any atom is -0.465 e. The monoisotopic (exact) mass is 229 g/mol. The van der Waals surface area contributed by atoms with Crippen molar-refractivity contribution in [2.45, 2.75) is 12.8 Å². The Bertz CT molecular complexity index is 336. The zero-order valence-corrected chi connectivity index (χ0v) is 9.03. The van der Waals surface area contributed by atoms with Gasteiger partial charge in [-0.1, -0.05) is 6.07 Å². The summed E-state index contributed by atoms with van der Waals surface area (Å²) in [5, 5.41) is 12.2. The Morgan fingerprint density at radius 2 is 2.47 bits per heavy atom. The number of ether oxygens (including phenoxy) is 1. The third-order valence-electron chi connectivity index (χ3n) is 1.79. The topological polar surface area (TPSA) is 69.4 Å². The van der Waals surface area contributed by atoms with Gasteiger partial charge in [-0.05, 0) is 18.4 Å². The van der Waals surface area contributed by atoms with E-state index in [-0.39, 0.29) is 6.61 Å². The summed E-state index contributed by atoms with van der Waals surface area (Å²) < 4.78 is 4.79. The molecule has 1 aromatic heterocycles. The van der Waals surface area contributed by atoms with Crippen LogP contribution in [0.4, 0.5) is 0 Å². The summed E-state index contributed by atoms with van der Waals surface area (Å²) in [6, 6.07) is 3.46. The number of nitrogens with zero attached hydrogens (tertiary/aromatic N) is 1. The molecule has 0 aliphatic carbocycles. The van der Waals surface area contributed by atoms with Crippen LogP contribution in [0.3, 0.4) is 0 Å². The second-order valence-corrected chi connectivity index (χ2v) is 3.81. The molecule has 0 aliphatic heterocycles. The fourth-order valence-corrected chi connectivity index (χ4v) is 1.97. The SMILES string of the molecule is CCOC(=O)[C@H](C[N+](=O)[O-])c1cccs1. The van der Waals surface area contributed by atoms with E-state index in [0.717, 1.165) is 0 Å². The number of rotatable bonds is 5. The maximum absolute atomic E-state index is 11.5. The van der Waals surface area contributed by atoms with Crippen LogP contribution in [0.15, 0.2) is 17.5 Å². The van der Waals surface area contributed by atoms with E-state index in [1.807, 2.05) is 0 Å². The molecule has 1 rings (SSSR count). The van der Waals surface area contributed by atoms with E-state index < -0.39 is 23.4 Å². The number of esters is 1. The lowest BCUT2D eigenvalue weighted by molar-refractivity contribution is -0.481. The van der Waals surface area contributed by atoms with E-state index in [9.17, 15) is 14.9 Å². The first-order chi connectivity index (χ1) is 7.15. The highest BCUT2D eigenvalue weighted by Gasteiger charge is 2.28. The summed E-state index contributed by atoms with van der Waals surface area (Å²) in [5.41, 5.74) is 0. The quantitative estimate of drug-likeness (QED) is 0.437. The molecule has 0 spiro atoms. The predicted octanol–water partition coefficient (Wildman–Crippen LogP) is 1.67. The van der Waals surface area contributed by atoms with Gasteiger partial charge in [0.05, 0.1) is 6.61 Å². The Balaban J connectivity index is 2.78. The number of hydrogen-bond acceptors (Lipinski definition) is 5. The molecule has 0 fully saturated rings. The number of carbonyl (C=O) groups is 1. The van der Waals surface area contributed by atoms with E-state index in [0.29, 0.717) is 4.88 Å². The van der Waals surface area contributed by atoms with Gasteiger partial charge in [0.1, 0.15) is 0 Å². The molecule has 0 bridgehead atoms. The average Bonchev–Trinajstić information content (AvgIpc) is 2.66. The average molecular weight is 229 g/mol. The summed E-state index contributed by atoms with van der Waals surface area (Å²) in [4.78, 5) is 22.0. The van der Waals surface area contributed by atoms with E-state index in [4.69, 9.17) is 4.74 Å². The van der Waals surface area contributed by atoms with Gasteiger partial charge in [-0.25, -0.2) is 0 Å². The number of nitro groups is 1. The third-order valence-corrected chi connectivity index (χ3v) is 2.78. The normalized spacial score (nSPS) is 12.1. The minimum atomic E-state index is -0.778. The molecule has 1 heterocycles. The van der Waals surface area contributed by atoms with Gasteiger partial charge in [0, 0.05) is 9.80 Å². The van der Waals surface area contributed by atoms with Crippen molar-refractivity contribution in [3.63, 3.8) is 0 Å². The third kappa shape index (κ3) is 3.32. The Labute approximate surface area is 90.8 Å². The van der Waals surface area contributed by atoms with Gasteiger partial charge in [0.15, 0.2) is 5.92 Å². The lowest BCUT2D eigenvalue weighted by Gasteiger charge is -2.09. The Morgan fingerprint density at radius 3 is 2.93 bits per heavy atom. The second-order valence-electron chi connectivity index (χ2n) is 2.84. The molecule has 0 radical (unpaired) electrons. The van der Waals surface area contributed by atoms with Crippen molar-refractivity contribution in [2.75, 3.05) is 13.2 Å². The van der Waals surface area contributed by atoms with Gasteiger partial charge in [-0.3, -0.25) is 14.9 Å². The maximum atomic E-state index is 11.5. The van der Waals surface area contributed by atoms with Gasteiger partial charge in [-0.15, -0.1) is 11.3 Å². The van der Waals surface area contributed by atoms with Crippen LogP contribution < -0.4 is 0 Å². The van der Waals surface area contributed by atoms with Crippen LogP contribution in [0, 0.1) is 10.1 Å². The molecule has 0 amide bonds. The van der Waals surface area contributed by atoms with Gasteiger partial charge >= 0.3 is 5.97 Å². The van der Waals surface area contributed by atoms with Crippen LogP contribution >= 0.6 is 11.3 Å². The highest BCUT2D eigenvalue weighted by Crippen LogP contribution is 2.22. The lowest BCUT2D eigenvalue weighted by Crippen LogP contribution is -2.22. The molecular formula is C9H11NO4S. The Kier molecular flexibility index (Phi) is 4.23. The summed E-state index contributed by atoms with van der Waals surface area (Å²) in [6.07, 6.45) is 0. The van der Waals surface area contributed by atoms with Crippen molar-refractivity contribution in [2.24, 2.45) is 0 Å². The first-order valence-corrected chi connectivity index (χ1v) is 5.35. The number of hydrogen-bond donors (Lipinski definition) is 0. The Morgan fingerprint density at radius 1 is 1.73 bits per heavy atom. The van der Waals surface area contributed by atoms with Crippen molar-refractivity contribution < 1.29 is 14.5 Å². The number of carbonyl (C=O) groups excluding carboxylic acids is 1. The summed E-state index contributed by atoms with van der Waals surface area (Å²) >= 11 is 1.32. The van der Waals surface area contributed by atoms with Crippen molar-refractivity contribution in [3.8, 4) is 0 Å². The molecule has 5 nitrogen and oxygen atoms in total. The Hall–Kier alpha value is -1.43. The van der Waals surface area contributed by atoms with Gasteiger partial charge < -0.3 is 4.74 Å². The van der Waals surface area contributed by atoms with Gasteiger partial charge in [-0.2, -0.15) is 0 Å². The molecule has 1 aromatic rings. The number of thiophene rings is 1. The van der Waals surface area contributed by atoms with Gasteiger partial charge in [0.2, 0.25) is 6.54 Å². The van der Waals surface area contributed by atoms with E-state index in [1.165, 1.54) is 11.3 Å². The van der Waals surface area contributed by atoms with E-state index >= 15 is 0 Å². The van der Waals surface area contributed by atoms with Crippen LogP contribution in [0.1, 0.15) is 17.7 Å². The van der Waals surface area contributed by atoms with Crippen LogP contribution in [0.25, 0.3) is 0 Å². The smallest absolute Gasteiger partial charge is 0.321 e. The van der Waals surface area contributed by atoms with Crippen LogP contribution in [-0.2, 0) is 9.53 Å². The minimum absolute atomic E-state index is 0.235. The highest BCUT2D eigenvalue weighted by atomic mass is 32.1. The maximum Gasteiger partial charge on any atom is 0.321 e. The molecule has 82 valence electrons. The van der Waals surface area contributed by atoms with Crippen LogP contribution in [0.2, 0.25) is 0 Å². The largest absolute Gasteiger partial charge is 0.465 e. The standard InChI is InChI=1S/C9H11NO4S/c1-2-14-9(11)7(6-10(12)13)8-4-3-5-15-8/h3-5,7H,2,6H2,1H3/t7-/m1/s1. The molecule has 0 aromatic carbocycles. The molecule has 0 saturated carbocycles. The van der Waals surface area contributed by atoms with E-state index in [1.54, 1.807) is 24.4 Å². The van der Waals surface area contributed by atoms with Crippen molar-refractivity contribution in [1.29, 1.82) is 0 Å². The molecular weight excluding hydrogens is 218 g/mol. The molecule has 0 aliphatic rings. The molecule has 15 heavy (non-hydrogen) atoms. The molecule has 6 heteroatoms. The van der Waals surface area contributed by atoms with E-state index in [2.05, 4.69) is 0 Å². The van der Waals surface area contributed by atoms with Gasteiger partial charge in [0.25, 0.3) is 0 Å². The zero-order valence-electron chi connectivity index (χ0n) is 8.21. The van der Waals surface area contributed by atoms with Crippen molar-refractivity contribution >= 4 is 17.3 Å². The lowest BCUT2D eigenvalue weighted by atomic mass is 10.1. The fourth-order valence-electron chi connectivity index (χ4n) is 1.16. The van der Waals surface area contributed by atoms with Crippen molar-refractivity contribution in [3.05, 3.63) is 32.5 Å². The predicted molar refractivity (Wildman–Crippen MR) is 55.6 cm³/mol. The molecule has 0 saturated heterocycles. The second kappa shape index (κ2) is 5.45. The highest BCUT2D eigenvalue weighted by molar-refractivity contribution is 7.10. The van der Waals surface area contributed by atoms with Crippen molar-refractivity contribution in [1.82, 2.24) is 0 Å². The first-order valence-electron chi connectivity index (χ1n) is 4.47. The molecule has 1 atom stereocenters. The summed E-state index contributed by atoms with van der Waals surface area (Å²) in [5.74, 6) is -1.31. The summed E-state index contributed by atoms with van der Waals surface area (Å²) in [6.45, 7) is 1.49. The van der Waals surface area contributed by atoms with Crippen LogP contribution in [-0.4, -0.2) is 24.0 Å². The van der Waals surface area contributed by atoms with Crippen LogP contribution in [0.5, 0.6) is 0 Å². The molecule has 0 unspecified atom stereocenters. The fraction of sp³-hybridized carbons (Fsp3) is 0.444.